The van der Waals surface area contributed by atoms with Crippen molar-refractivity contribution in [3.05, 3.63) is 61.2 Å². The first-order chi connectivity index (χ1) is 10.9. The van der Waals surface area contributed by atoms with Crippen LogP contribution in [-0.2, 0) is 14.2 Å². The second-order valence-corrected chi connectivity index (χ2v) is 5.76. The number of hydrogen-bond acceptors (Lipinski definition) is 5. The number of aliphatic hydroxyl groups is 1. The second-order valence-electron chi connectivity index (χ2n) is 5.76. The largest absolute Gasteiger partial charge is 0.452 e. The van der Waals surface area contributed by atoms with Gasteiger partial charge in [-0.3, -0.25) is 0 Å². The first-order valence-electron chi connectivity index (χ1n) is 7.43. The van der Waals surface area contributed by atoms with Crippen molar-refractivity contribution < 1.29 is 24.1 Å². The van der Waals surface area contributed by atoms with Crippen molar-refractivity contribution in [1.29, 1.82) is 0 Å². The van der Waals surface area contributed by atoms with Crippen molar-refractivity contribution >= 4 is 5.97 Å². The lowest BCUT2D eigenvalue weighted by molar-refractivity contribution is -0.159. The predicted octanol–water partition coefficient (Wildman–Crippen LogP) is 2.47. The van der Waals surface area contributed by atoms with E-state index in [2.05, 4.69) is 13.2 Å². The van der Waals surface area contributed by atoms with E-state index < -0.39 is 36.2 Å². The fourth-order valence-electron chi connectivity index (χ4n) is 2.47. The topological polar surface area (TPSA) is 65.0 Å². The molecule has 1 aromatic rings. The van der Waals surface area contributed by atoms with E-state index in [1.54, 1.807) is 50.3 Å². The fraction of sp³-hybridized carbons (Fsp3) is 0.389. The molecule has 1 aliphatic rings. The monoisotopic (exact) mass is 318 g/mol. The van der Waals surface area contributed by atoms with Crippen LogP contribution in [0.1, 0.15) is 24.2 Å². The third-order valence-electron chi connectivity index (χ3n) is 3.55. The van der Waals surface area contributed by atoms with Gasteiger partial charge in [0.1, 0.15) is 24.4 Å². The first kappa shape index (κ1) is 17.4. The van der Waals surface area contributed by atoms with Gasteiger partial charge in [0, 0.05) is 0 Å². The van der Waals surface area contributed by atoms with Gasteiger partial charge in [0.25, 0.3) is 0 Å². The number of ether oxygens (including phenoxy) is 3. The summed E-state index contributed by atoms with van der Waals surface area (Å²) >= 11 is 0. The lowest BCUT2D eigenvalue weighted by Gasteiger charge is -2.26. The van der Waals surface area contributed by atoms with Gasteiger partial charge < -0.3 is 19.3 Å². The van der Waals surface area contributed by atoms with Gasteiger partial charge in [-0.15, -0.1) is 6.58 Å². The number of carbonyl (C=O) groups excluding carboxylic acids is 1. The zero-order valence-corrected chi connectivity index (χ0v) is 13.3. The molecule has 1 aliphatic heterocycles. The maximum Gasteiger partial charge on any atom is 0.338 e. The van der Waals surface area contributed by atoms with Gasteiger partial charge in [-0.2, -0.15) is 0 Å². The van der Waals surface area contributed by atoms with Crippen molar-refractivity contribution in [3.63, 3.8) is 0 Å². The normalized spacial score (nSPS) is 25.3. The van der Waals surface area contributed by atoms with Gasteiger partial charge in [0.2, 0.25) is 0 Å². The van der Waals surface area contributed by atoms with Crippen molar-refractivity contribution in [2.45, 2.75) is 44.1 Å². The van der Waals surface area contributed by atoms with Gasteiger partial charge >= 0.3 is 5.97 Å². The van der Waals surface area contributed by atoms with Crippen molar-refractivity contribution in [1.82, 2.24) is 0 Å². The fourth-order valence-corrected chi connectivity index (χ4v) is 2.47. The van der Waals surface area contributed by atoms with E-state index in [1.807, 2.05) is 0 Å². The summed E-state index contributed by atoms with van der Waals surface area (Å²) in [5.74, 6) is -1.39. The number of benzene rings is 1. The molecular weight excluding hydrogens is 296 g/mol. The Morgan fingerprint density at radius 2 is 1.96 bits per heavy atom. The summed E-state index contributed by atoms with van der Waals surface area (Å²) in [4.78, 5) is 12.1. The predicted molar refractivity (Wildman–Crippen MR) is 85.9 cm³/mol. The summed E-state index contributed by atoms with van der Waals surface area (Å²) in [5, 5.41) is 10.5. The number of aliphatic hydroxyl groups excluding tert-OH is 1. The van der Waals surface area contributed by atoms with E-state index in [9.17, 15) is 9.90 Å². The molecule has 0 radical (unpaired) electrons. The Hall–Kier alpha value is -1.95. The highest BCUT2D eigenvalue weighted by molar-refractivity contribution is 5.89. The molecule has 0 saturated carbocycles. The zero-order valence-electron chi connectivity index (χ0n) is 13.3. The average molecular weight is 318 g/mol. The minimum atomic E-state index is -1.12. The molecule has 0 unspecified atom stereocenters. The Bertz CT molecular complexity index is 566. The van der Waals surface area contributed by atoms with Crippen LogP contribution in [0.5, 0.6) is 0 Å². The summed E-state index contributed by atoms with van der Waals surface area (Å²) in [6.07, 6.45) is -0.313. The lowest BCUT2D eigenvalue weighted by atomic mass is 10.0. The number of carbonyl (C=O) groups is 1. The van der Waals surface area contributed by atoms with Crippen LogP contribution in [0.4, 0.5) is 0 Å². The molecule has 1 fully saturated rings. The van der Waals surface area contributed by atoms with Gasteiger partial charge in [-0.05, 0) is 32.1 Å². The molecule has 2 rings (SSSR count). The van der Waals surface area contributed by atoms with Crippen LogP contribution < -0.4 is 0 Å². The van der Waals surface area contributed by atoms with Crippen LogP contribution in [0.15, 0.2) is 55.6 Å². The van der Waals surface area contributed by atoms with Crippen molar-refractivity contribution in [3.8, 4) is 0 Å². The number of rotatable bonds is 6. The van der Waals surface area contributed by atoms with Crippen LogP contribution in [0.3, 0.4) is 0 Å². The average Bonchev–Trinajstić information content (AvgIpc) is 2.87. The quantitative estimate of drug-likeness (QED) is 0.645. The standard InChI is InChI=1S/C18H22O5/c1-5-13(21-17(20)12-10-8-7-9-11-12)15(19)16-14(6-2)22-18(3,4)23-16/h5-11,13-16,19H,1-2H2,3-4H3/t13-,14+,15+,16+/m0/s1. The van der Waals surface area contributed by atoms with Gasteiger partial charge in [-0.25, -0.2) is 4.79 Å². The molecular formula is C18H22O5. The lowest BCUT2D eigenvalue weighted by Crippen LogP contribution is -2.43. The maximum atomic E-state index is 12.1. The molecule has 0 bridgehead atoms. The first-order valence-corrected chi connectivity index (χ1v) is 7.43. The van der Waals surface area contributed by atoms with Gasteiger partial charge in [-0.1, -0.05) is 30.9 Å². The Kier molecular flexibility index (Phi) is 5.36. The van der Waals surface area contributed by atoms with Crippen molar-refractivity contribution in [2.24, 2.45) is 0 Å². The Morgan fingerprint density at radius 3 is 2.52 bits per heavy atom. The summed E-state index contributed by atoms with van der Waals surface area (Å²) in [6.45, 7) is 10.8. The van der Waals surface area contributed by atoms with E-state index in [0.717, 1.165) is 0 Å². The zero-order chi connectivity index (χ0) is 17.0. The summed E-state index contributed by atoms with van der Waals surface area (Å²) in [5.41, 5.74) is 0.399. The smallest absolute Gasteiger partial charge is 0.338 e. The van der Waals surface area contributed by atoms with E-state index in [-0.39, 0.29) is 0 Å². The molecule has 0 aliphatic carbocycles. The van der Waals surface area contributed by atoms with Crippen LogP contribution in [0.2, 0.25) is 0 Å². The van der Waals surface area contributed by atoms with Gasteiger partial charge in [0.05, 0.1) is 5.56 Å². The molecule has 124 valence electrons. The number of hydrogen-bond donors (Lipinski definition) is 1. The minimum absolute atomic E-state index is 0.399. The van der Waals surface area contributed by atoms with Crippen LogP contribution in [-0.4, -0.2) is 41.3 Å². The highest BCUT2D eigenvalue weighted by Gasteiger charge is 2.46. The third kappa shape index (κ3) is 4.07. The van der Waals surface area contributed by atoms with E-state index in [4.69, 9.17) is 14.2 Å². The van der Waals surface area contributed by atoms with Crippen LogP contribution >= 0.6 is 0 Å². The Balaban J connectivity index is 2.09. The highest BCUT2D eigenvalue weighted by Crippen LogP contribution is 2.32. The molecule has 1 heterocycles. The van der Waals surface area contributed by atoms with Gasteiger partial charge in [0.15, 0.2) is 5.79 Å². The molecule has 1 aromatic carbocycles. The van der Waals surface area contributed by atoms with E-state index >= 15 is 0 Å². The third-order valence-corrected chi connectivity index (χ3v) is 3.55. The molecule has 0 aromatic heterocycles. The molecule has 0 spiro atoms. The summed E-state index contributed by atoms with van der Waals surface area (Å²) < 4.78 is 16.7. The number of esters is 1. The SMILES string of the molecule is C=C[C@H](OC(=O)c1ccccc1)[C@@H](O)[C@@H]1OC(C)(C)O[C@@H]1C=C. The van der Waals surface area contributed by atoms with E-state index in [1.165, 1.54) is 6.08 Å². The van der Waals surface area contributed by atoms with Crippen molar-refractivity contribution in [2.75, 3.05) is 0 Å². The van der Waals surface area contributed by atoms with E-state index in [0.29, 0.717) is 5.56 Å². The molecule has 4 atom stereocenters. The molecule has 0 amide bonds. The molecule has 1 N–H and O–H groups in total. The molecule has 23 heavy (non-hydrogen) atoms. The Morgan fingerprint density at radius 1 is 1.30 bits per heavy atom. The molecule has 5 heteroatoms. The molecule has 5 nitrogen and oxygen atoms in total. The summed E-state index contributed by atoms with van der Waals surface area (Å²) in [7, 11) is 0. The second kappa shape index (κ2) is 7.08. The van der Waals surface area contributed by atoms with Crippen LogP contribution in [0, 0.1) is 0 Å². The Labute approximate surface area is 136 Å². The molecule has 1 saturated heterocycles. The highest BCUT2D eigenvalue weighted by atomic mass is 16.8. The maximum absolute atomic E-state index is 12.1. The summed E-state index contributed by atoms with van der Waals surface area (Å²) in [6, 6.07) is 8.55. The minimum Gasteiger partial charge on any atom is -0.452 e. The van der Waals surface area contributed by atoms with Crippen LogP contribution in [0.25, 0.3) is 0 Å².